The average Bonchev–Trinajstić information content (AvgIpc) is 3.32. The largest absolute Gasteiger partial charge is 0.466 e. The van der Waals surface area contributed by atoms with Crippen LogP contribution < -0.4 is 0 Å². The maximum atomic E-state index is 13.8. The van der Waals surface area contributed by atoms with Gasteiger partial charge in [-0.05, 0) is 105 Å². The highest BCUT2D eigenvalue weighted by Gasteiger charge is 2.67. The Morgan fingerprint density at radius 2 is 1.63 bits per heavy atom. The van der Waals surface area contributed by atoms with Crippen LogP contribution in [0, 0.1) is 59.2 Å². The maximum Gasteiger partial charge on any atom is 0.302 e. The van der Waals surface area contributed by atoms with Crippen LogP contribution in [0.2, 0.25) is 0 Å². The number of esters is 2. The van der Waals surface area contributed by atoms with Crippen molar-refractivity contribution in [1.82, 2.24) is 0 Å². The van der Waals surface area contributed by atoms with Crippen molar-refractivity contribution in [2.24, 2.45) is 52.3 Å². The molecule has 4 aliphatic carbocycles. The van der Waals surface area contributed by atoms with Gasteiger partial charge in [0.15, 0.2) is 5.78 Å². The number of aliphatic hydroxyl groups excluding tert-OH is 2. The molecule has 0 spiro atoms. The molecule has 0 saturated heterocycles. The summed E-state index contributed by atoms with van der Waals surface area (Å²) in [6.45, 7) is 12.6. The van der Waals surface area contributed by atoms with Crippen LogP contribution in [0.1, 0.15) is 98.5 Å². The molecular weight excluding hydrogens is 648 g/mol. The molecule has 10 nitrogen and oxygen atoms in total. The predicted molar refractivity (Wildman–Crippen MR) is 181 cm³/mol. The zero-order valence-corrected chi connectivity index (χ0v) is 30.9. The summed E-state index contributed by atoms with van der Waals surface area (Å²) in [7, 11) is -3.89. The molecule has 4 aliphatic rings. The minimum Gasteiger partial charge on any atom is -0.466 e. The van der Waals surface area contributed by atoms with Gasteiger partial charge >= 0.3 is 11.9 Å². The minimum atomic E-state index is -3.89. The molecule has 0 aromatic heterocycles. The summed E-state index contributed by atoms with van der Waals surface area (Å²) in [4.78, 5) is 37.6. The van der Waals surface area contributed by atoms with E-state index in [1.165, 1.54) is 13.8 Å². The molecule has 0 unspecified atom stereocenters. The van der Waals surface area contributed by atoms with Gasteiger partial charge in [-0.3, -0.25) is 18.6 Å². The molecule has 2 N–H and O–H groups in total. The van der Waals surface area contributed by atoms with Gasteiger partial charge < -0.3 is 19.7 Å². The molecule has 0 radical (unpaired) electrons. The molecule has 0 aliphatic heterocycles. The van der Waals surface area contributed by atoms with E-state index in [0.29, 0.717) is 25.7 Å². The Balaban J connectivity index is 1.33. The molecule has 0 amide bonds. The van der Waals surface area contributed by atoms with Crippen molar-refractivity contribution >= 4 is 27.8 Å². The van der Waals surface area contributed by atoms with Crippen molar-refractivity contribution in [3.05, 3.63) is 29.8 Å². The summed E-state index contributed by atoms with van der Waals surface area (Å²) < 4.78 is 43.1. The number of carbonyl (C=O) groups excluding carboxylic acids is 3. The second-order valence-corrected chi connectivity index (χ2v) is 17.9. The van der Waals surface area contributed by atoms with E-state index in [0.717, 1.165) is 24.8 Å². The fourth-order valence-corrected chi connectivity index (χ4v) is 11.9. The second kappa shape index (κ2) is 14.4. The Hall–Kier alpha value is -2.34. The molecule has 11 heteroatoms. The monoisotopic (exact) mass is 704 g/mol. The third-order valence-electron chi connectivity index (χ3n) is 13.2. The average molecular weight is 705 g/mol. The number of rotatable bonds is 11. The highest BCUT2D eigenvalue weighted by atomic mass is 32.2. The van der Waals surface area contributed by atoms with E-state index in [1.54, 1.807) is 31.2 Å². The number of ketones is 1. The smallest absolute Gasteiger partial charge is 0.302 e. The zero-order chi connectivity index (χ0) is 36.1. The van der Waals surface area contributed by atoms with Gasteiger partial charge in [-0.2, -0.15) is 8.42 Å². The lowest BCUT2D eigenvalue weighted by atomic mass is 9.43. The van der Waals surface area contributed by atoms with Crippen molar-refractivity contribution in [3.8, 4) is 0 Å². The SMILES string of the molecule is CC(=O)OC[C@H](C)C[C@@H](O)C(=O)[C@H](C)[C@H]1[C@@H](OC(C)=O)C[C@H]2[C@@H]3CC[C@H]4C[C@@H](OS(=O)(=O)c5ccc(C)cc5)CC[C@]4(C)[C@H]3C[C@@H](O)[C@]12C. The van der Waals surface area contributed by atoms with Crippen LogP contribution >= 0.6 is 0 Å². The van der Waals surface area contributed by atoms with Gasteiger partial charge in [-0.1, -0.05) is 45.4 Å². The highest BCUT2D eigenvalue weighted by molar-refractivity contribution is 7.86. The van der Waals surface area contributed by atoms with E-state index in [1.807, 2.05) is 20.8 Å². The molecule has 274 valence electrons. The number of hydrogen-bond donors (Lipinski definition) is 2. The lowest BCUT2D eigenvalue weighted by Gasteiger charge is -2.62. The number of aryl methyl sites for hydroxylation is 1. The number of ether oxygens (including phenoxy) is 2. The molecule has 1 aromatic carbocycles. The van der Waals surface area contributed by atoms with Gasteiger partial charge in [0.05, 0.1) is 23.7 Å². The molecule has 13 atom stereocenters. The van der Waals surface area contributed by atoms with E-state index >= 15 is 0 Å². The number of Topliss-reactive ketones (excluding diaryl/α,β-unsaturated/α-hetero) is 1. The molecule has 5 rings (SSSR count). The molecule has 0 heterocycles. The first kappa shape index (κ1) is 37.9. The van der Waals surface area contributed by atoms with E-state index in [2.05, 4.69) is 6.92 Å². The van der Waals surface area contributed by atoms with Gasteiger partial charge in [0.2, 0.25) is 0 Å². The van der Waals surface area contributed by atoms with Crippen LogP contribution in [0.5, 0.6) is 0 Å². The van der Waals surface area contributed by atoms with Crippen LogP contribution in [-0.2, 0) is 38.2 Å². The number of aliphatic hydroxyl groups is 2. The Morgan fingerprint density at radius 1 is 0.959 bits per heavy atom. The van der Waals surface area contributed by atoms with Crippen molar-refractivity contribution in [2.75, 3.05) is 6.61 Å². The summed E-state index contributed by atoms with van der Waals surface area (Å²) in [5.41, 5.74) is 0.137. The molecule has 4 saturated carbocycles. The number of benzene rings is 1. The van der Waals surface area contributed by atoms with Crippen LogP contribution in [0.4, 0.5) is 0 Å². The van der Waals surface area contributed by atoms with Gasteiger partial charge in [0.25, 0.3) is 10.1 Å². The van der Waals surface area contributed by atoms with Crippen molar-refractivity contribution < 1.29 is 46.7 Å². The van der Waals surface area contributed by atoms with Crippen molar-refractivity contribution in [1.29, 1.82) is 0 Å². The number of carbonyl (C=O) groups is 3. The predicted octanol–water partition coefficient (Wildman–Crippen LogP) is 5.40. The standard InChI is InChI=1S/C38H56O10S/c1-21-8-11-28(12-9-21)49(44,45)48-27-14-15-37(6)26(17-27)10-13-29-30(37)19-34(42)38(7)31(29)18-33(47-25(5)40)35(38)23(3)36(43)32(41)16-22(2)20-46-24(4)39/h8-9,11-12,22-23,26-27,29-35,41-42H,10,13-20H2,1-7H3/t22-,23-,26+,27+,29-,30+,31+,32-,33+,34-,35+,37+,38-/m1/s1. The van der Waals surface area contributed by atoms with E-state index < -0.39 is 63.7 Å². The van der Waals surface area contributed by atoms with Gasteiger partial charge in [-0.15, -0.1) is 0 Å². The summed E-state index contributed by atoms with van der Waals surface area (Å²) >= 11 is 0. The fraction of sp³-hybridized carbons (Fsp3) is 0.763. The minimum absolute atomic E-state index is 0.000420. The third kappa shape index (κ3) is 7.37. The van der Waals surface area contributed by atoms with Crippen LogP contribution in [0.3, 0.4) is 0 Å². The van der Waals surface area contributed by atoms with Crippen LogP contribution in [0.25, 0.3) is 0 Å². The Bertz CT molecular complexity index is 1490. The Labute approximate surface area is 291 Å². The zero-order valence-electron chi connectivity index (χ0n) is 30.1. The van der Waals surface area contributed by atoms with E-state index in [-0.39, 0.29) is 58.7 Å². The van der Waals surface area contributed by atoms with Crippen molar-refractivity contribution in [3.63, 3.8) is 0 Å². The van der Waals surface area contributed by atoms with Crippen LogP contribution in [0.15, 0.2) is 29.2 Å². The van der Waals surface area contributed by atoms with E-state index in [4.69, 9.17) is 13.7 Å². The Kier molecular flexibility index (Phi) is 11.1. The lowest BCUT2D eigenvalue weighted by Crippen LogP contribution is -2.59. The molecule has 0 bridgehead atoms. The highest BCUT2D eigenvalue weighted by Crippen LogP contribution is 2.68. The first-order valence-corrected chi connectivity index (χ1v) is 19.5. The normalized spacial score (nSPS) is 37.5. The van der Waals surface area contributed by atoms with Gasteiger partial charge in [0.1, 0.15) is 12.2 Å². The first-order chi connectivity index (χ1) is 22.9. The summed E-state index contributed by atoms with van der Waals surface area (Å²) in [6, 6.07) is 6.71. The molecule has 4 fully saturated rings. The molecule has 49 heavy (non-hydrogen) atoms. The maximum absolute atomic E-state index is 13.8. The van der Waals surface area contributed by atoms with Gasteiger partial charge in [0, 0.05) is 31.1 Å². The van der Waals surface area contributed by atoms with Crippen LogP contribution in [-0.4, -0.2) is 67.4 Å². The quantitative estimate of drug-likeness (QED) is 0.226. The second-order valence-electron chi connectivity index (χ2n) is 16.3. The fourth-order valence-electron chi connectivity index (χ4n) is 10.8. The Morgan fingerprint density at radius 3 is 2.27 bits per heavy atom. The summed E-state index contributed by atoms with van der Waals surface area (Å²) in [5, 5.41) is 23.1. The molecular formula is C38H56O10S. The summed E-state index contributed by atoms with van der Waals surface area (Å²) in [5.74, 6) is -1.95. The molecule has 1 aromatic rings. The number of fused-ring (bicyclic) bond motifs is 5. The third-order valence-corrected chi connectivity index (χ3v) is 14.6. The summed E-state index contributed by atoms with van der Waals surface area (Å²) in [6.07, 6.45) is 2.03. The number of hydrogen-bond acceptors (Lipinski definition) is 10. The topological polar surface area (TPSA) is 154 Å². The first-order valence-electron chi connectivity index (χ1n) is 18.1. The van der Waals surface area contributed by atoms with E-state index in [9.17, 15) is 33.0 Å². The van der Waals surface area contributed by atoms with Gasteiger partial charge in [-0.25, -0.2) is 0 Å². The lowest BCUT2D eigenvalue weighted by molar-refractivity contribution is -0.179. The van der Waals surface area contributed by atoms with Crippen molar-refractivity contribution in [2.45, 2.75) is 129 Å².